The number of thiophene rings is 1. The number of rotatable bonds is 7. The van der Waals surface area contributed by atoms with E-state index < -0.39 is 0 Å². The van der Waals surface area contributed by atoms with E-state index in [1.807, 2.05) is 0 Å². The molecule has 1 aromatic heterocycles. The molecule has 0 aliphatic carbocycles. The van der Waals surface area contributed by atoms with Gasteiger partial charge in [-0.3, -0.25) is 0 Å². The summed E-state index contributed by atoms with van der Waals surface area (Å²) in [7, 11) is 0. The maximum Gasteiger partial charge on any atom is 0.0331 e. The van der Waals surface area contributed by atoms with Gasteiger partial charge in [0.05, 0.1) is 0 Å². The second kappa shape index (κ2) is 6.81. The van der Waals surface area contributed by atoms with Gasteiger partial charge in [0.15, 0.2) is 0 Å². The maximum atomic E-state index is 3.96. The van der Waals surface area contributed by atoms with Crippen molar-refractivity contribution < 1.29 is 0 Å². The first kappa shape index (κ1) is 12.5. The number of hydrogen-bond donors (Lipinski definition) is 1. The Kier molecular flexibility index (Phi) is 5.66. The quantitative estimate of drug-likeness (QED) is 0.685. The van der Waals surface area contributed by atoms with E-state index in [2.05, 4.69) is 42.6 Å². The van der Waals surface area contributed by atoms with Crippen LogP contribution in [0.3, 0.4) is 0 Å². The predicted molar refractivity (Wildman–Crippen MR) is 69.4 cm³/mol. The van der Waals surface area contributed by atoms with Crippen LogP contribution in [0.15, 0.2) is 29.0 Å². The van der Waals surface area contributed by atoms with E-state index in [1.54, 1.807) is 11.3 Å². The molecule has 0 saturated carbocycles. The molecule has 0 fully saturated rings. The molecule has 2 heteroatoms. The molecule has 0 radical (unpaired) electrons. The van der Waals surface area contributed by atoms with Crippen LogP contribution in [0.1, 0.15) is 44.7 Å². The monoisotopic (exact) mass is 223 g/mol. The predicted octanol–water partition coefficient (Wildman–Crippen LogP) is 4.15. The smallest absolute Gasteiger partial charge is 0.0331 e. The van der Waals surface area contributed by atoms with Gasteiger partial charge in [-0.05, 0) is 55.1 Å². The molecule has 0 spiro atoms. The molecule has 84 valence electrons. The van der Waals surface area contributed by atoms with Crippen molar-refractivity contribution in [1.29, 1.82) is 0 Å². The Hall–Kier alpha value is -0.600. The van der Waals surface area contributed by atoms with Crippen LogP contribution in [0.2, 0.25) is 0 Å². The fourth-order valence-electron chi connectivity index (χ4n) is 1.57. The SMILES string of the molecule is C=C(C)CCC(NCCC)c1ccsc1. The second-order valence-corrected chi connectivity index (χ2v) is 4.84. The Morgan fingerprint density at radius 3 is 2.93 bits per heavy atom. The minimum Gasteiger partial charge on any atom is -0.310 e. The maximum absolute atomic E-state index is 3.96. The van der Waals surface area contributed by atoms with Crippen molar-refractivity contribution in [1.82, 2.24) is 5.32 Å². The lowest BCUT2D eigenvalue weighted by molar-refractivity contribution is 0.500. The molecule has 1 aromatic rings. The first-order valence-corrected chi connectivity index (χ1v) is 6.58. The lowest BCUT2D eigenvalue weighted by Crippen LogP contribution is -2.21. The van der Waals surface area contributed by atoms with Gasteiger partial charge in [0.25, 0.3) is 0 Å². The summed E-state index contributed by atoms with van der Waals surface area (Å²) < 4.78 is 0. The van der Waals surface area contributed by atoms with E-state index in [-0.39, 0.29) is 0 Å². The normalized spacial score (nSPS) is 12.7. The molecule has 1 atom stereocenters. The third kappa shape index (κ3) is 4.63. The number of nitrogens with one attached hydrogen (secondary N) is 1. The average molecular weight is 223 g/mol. The van der Waals surface area contributed by atoms with Crippen molar-refractivity contribution in [2.24, 2.45) is 0 Å². The highest BCUT2D eigenvalue weighted by Gasteiger charge is 2.10. The standard InChI is InChI=1S/C13H21NS/c1-4-8-14-13(6-5-11(2)3)12-7-9-15-10-12/h7,9-10,13-14H,2,4-6,8H2,1,3H3. The third-order valence-electron chi connectivity index (χ3n) is 2.45. The summed E-state index contributed by atoms with van der Waals surface area (Å²) >= 11 is 1.77. The van der Waals surface area contributed by atoms with Gasteiger partial charge in [0.1, 0.15) is 0 Å². The lowest BCUT2D eigenvalue weighted by atomic mass is 10.0. The van der Waals surface area contributed by atoms with Crippen molar-refractivity contribution in [3.8, 4) is 0 Å². The van der Waals surface area contributed by atoms with Crippen LogP contribution in [-0.4, -0.2) is 6.54 Å². The van der Waals surface area contributed by atoms with Crippen LogP contribution >= 0.6 is 11.3 Å². The van der Waals surface area contributed by atoms with Crippen LogP contribution in [0.4, 0.5) is 0 Å². The van der Waals surface area contributed by atoms with Crippen molar-refractivity contribution in [3.05, 3.63) is 34.5 Å². The van der Waals surface area contributed by atoms with Gasteiger partial charge < -0.3 is 5.32 Å². The molecule has 1 unspecified atom stereocenters. The first-order chi connectivity index (χ1) is 7.24. The van der Waals surface area contributed by atoms with Crippen molar-refractivity contribution in [3.63, 3.8) is 0 Å². The molecule has 0 aliphatic heterocycles. The third-order valence-corrected chi connectivity index (χ3v) is 3.15. The van der Waals surface area contributed by atoms with E-state index >= 15 is 0 Å². The van der Waals surface area contributed by atoms with Gasteiger partial charge in [-0.25, -0.2) is 0 Å². The molecule has 0 aliphatic rings. The van der Waals surface area contributed by atoms with E-state index in [0.29, 0.717) is 6.04 Å². The molecule has 15 heavy (non-hydrogen) atoms. The van der Waals surface area contributed by atoms with Gasteiger partial charge in [-0.15, -0.1) is 6.58 Å². The van der Waals surface area contributed by atoms with Crippen LogP contribution < -0.4 is 5.32 Å². The molecule has 1 heterocycles. The highest BCUT2D eigenvalue weighted by Crippen LogP contribution is 2.22. The summed E-state index contributed by atoms with van der Waals surface area (Å²) in [5, 5.41) is 7.98. The molecule has 0 aromatic carbocycles. The van der Waals surface area contributed by atoms with E-state index in [0.717, 1.165) is 19.4 Å². The van der Waals surface area contributed by atoms with Gasteiger partial charge >= 0.3 is 0 Å². The molecule has 1 nitrogen and oxygen atoms in total. The zero-order valence-electron chi connectivity index (χ0n) is 9.75. The molecule has 1 rings (SSSR count). The lowest BCUT2D eigenvalue weighted by Gasteiger charge is -2.17. The fraction of sp³-hybridized carbons (Fsp3) is 0.538. The van der Waals surface area contributed by atoms with Crippen LogP contribution in [-0.2, 0) is 0 Å². The number of allylic oxidation sites excluding steroid dienone is 1. The van der Waals surface area contributed by atoms with Crippen molar-refractivity contribution in [2.75, 3.05) is 6.54 Å². The second-order valence-electron chi connectivity index (χ2n) is 4.06. The molecule has 0 saturated heterocycles. The fourth-order valence-corrected chi connectivity index (χ4v) is 2.28. The van der Waals surface area contributed by atoms with Gasteiger partial charge in [-0.1, -0.05) is 12.5 Å². The van der Waals surface area contributed by atoms with Gasteiger partial charge in [0.2, 0.25) is 0 Å². The number of hydrogen-bond acceptors (Lipinski definition) is 2. The average Bonchev–Trinajstić information content (AvgIpc) is 2.71. The van der Waals surface area contributed by atoms with Crippen molar-refractivity contribution in [2.45, 2.75) is 39.2 Å². The molecule has 0 amide bonds. The Balaban J connectivity index is 2.49. The van der Waals surface area contributed by atoms with E-state index in [9.17, 15) is 0 Å². The Morgan fingerprint density at radius 1 is 1.60 bits per heavy atom. The van der Waals surface area contributed by atoms with Gasteiger partial charge in [-0.2, -0.15) is 11.3 Å². The highest BCUT2D eigenvalue weighted by molar-refractivity contribution is 7.07. The van der Waals surface area contributed by atoms with Crippen LogP contribution in [0.25, 0.3) is 0 Å². The summed E-state index contributed by atoms with van der Waals surface area (Å²) in [6.45, 7) is 9.36. The van der Waals surface area contributed by atoms with E-state index in [1.165, 1.54) is 17.6 Å². The van der Waals surface area contributed by atoms with Crippen LogP contribution in [0.5, 0.6) is 0 Å². The molecule has 1 N–H and O–H groups in total. The molecular formula is C13H21NS. The largest absolute Gasteiger partial charge is 0.310 e. The van der Waals surface area contributed by atoms with E-state index in [4.69, 9.17) is 0 Å². The Bertz CT molecular complexity index is 277. The summed E-state index contributed by atoms with van der Waals surface area (Å²) in [5.74, 6) is 0. The summed E-state index contributed by atoms with van der Waals surface area (Å²) in [4.78, 5) is 0. The Labute approximate surface area is 97.2 Å². The Morgan fingerprint density at radius 2 is 2.40 bits per heavy atom. The van der Waals surface area contributed by atoms with Crippen LogP contribution in [0, 0.1) is 0 Å². The summed E-state index contributed by atoms with van der Waals surface area (Å²) in [6, 6.07) is 2.73. The zero-order valence-corrected chi connectivity index (χ0v) is 10.6. The van der Waals surface area contributed by atoms with Crippen molar-refractivity contribution >= 4 is 11.3 Å². The van der Waals surface area contributed by atoms with Gasteiger partial charge in [0, 0.05) is 6.04 Å². The summed E-state index contributed by atoms with van der Waals surface area (Å²) in [6.07, 6.45) is 3.46. The summed E-state index contributed by atoms with van der Waals surface area (Å²) in [5.41, 5.74) is 2.70. The molecular weight excluding hydrogens is 202 g/mol. The highest BCUT2D eigenvalue weighted by atomic mass is 32.1. The first-order valence-electron chi connectivity index (χ1n) is 5.64. The minimum absolute atomic E-state index is 0.507. The molecule has 0 bridgehead atoms. The topological polar surface area (TPSA) is 12.0 Å². The zero-order chi connectivity index (χ0) is 11.1. The minimum atomic E-state index is 0.507.